The summed E-state index contributed by atoms with van der Waals surface area (Å²) in [4.78, 5) is 8.97. The molecule has 3 rings (SSSR count). The van der Waals surface area contributed by atoms with Crippen molar-refractivity contribution in [3.05, 3.63) is 53.6 Å². The molecule has 3 aromatic rings. The summed E-state index contributed by atoms with van der Waals surface area (Å²) in [6.45, 7) is 0. The van der Waals surface area contributed by atoms with Gasteiger partial charge >= 0.3 is 0 Å². The van der Waals surface area contributed by atoms with Gasteiger partial charge in [-0.3, -0.25) is 0 Å². The molecular weight excluding hydrogens is 260 g/mol. The van der Waals surface area contributed by atoms with Gasteiger partial charge in [0.1, 0.15) is 0 Å². The highest BCUT2D eigenvalue weighted by Gasteiger charge is 2.11. The Kier molecular flexibility index (Phi) is 3.05. The molecule has 1 heterocycles. The van der Waals surface area contributed by atoms with Crippen LogP contribution in [0, 0.1) is 0 Å². The summed E-state index contributed by atoms with van der Waals surface area (Å²) in [7, 11) is 1.59. The lowest BCUT2D eigenvalue weighted by Gasteiger charge is -2.08. The third kappa shape index (κ3) is 2.13. The predicted octanol–water partition coefficient (Wildman–Crippen LogP) is 3.96. The van der Waals surface area contributed by atoms with Crippen molar-refractivity contribution in [1.82, 2.24) is 9.97 Å². The molecule has 0 unspecified atom stereocenters. The quantitative estimate of drug-likeness (QED) is 0.707. The molecule has 0 amide bonds. The van der Waals surface area contributed by atoms with E-state index < -0.39 is 0 Å². The van der Waals surface area contributed by atoms with Gasteiger partial charge in [0.15, 0.2) is 5.82 Å². The molecule has 0 N–H and O–H groups in total. The van der Waals surface area contributed by atoms with Crippen LogP contribution in [-0.4, -0.2) is 17.1 Å². The van der Waals surface area contributed by atoms with E-state index in [0.29, 0.717) is 22.2 Å². The minimum atomic E-state index is 0.534. The molecule has 19 heavy (non-hydrogen) atoms. The Bertz CT molecular complexity index is 729. The number of methoxy groups -OCH3 is 1. The Balaban J connectivity index is 2.31. The number of hydrogen-bond donors (Lipinski definition) is 0. The van der Waals surface area contributed by atoms with Gasteiger partial charge in [-0.15, -0.1) is 0 Å². The first-order valence-electron chi connectivity index (χ1n) is 5.85. The molecule has 0 saturated heterocycles. The number of para-hydroxylation sites is 1. The first-order chi connectivity index (χ1) is 9.29. The number of hydrogen-bond acceptors (Lipinski definition) is 3. The molecule has 4 heteroatoms. The van der Waals surface area contributed by atoms with Gasteiger partial charge < -0.3 is 4.74 Å². The Labute approximate surface area is 115 Å². The Hall–Kier alpha value is -2.13. The molecule has 1 aromatic heterocycles. The largest absolute Gasteiger partial charge is 0.480 e. The monoisotopic (exact) mass is 270 g/mol. The van der Waals surface area contributed by atoms with Crippen LogP contribution in [0.15, 0.2) is 48.5 Å². The SMILES string of the molecule is COc1nc(-c2ccccc2)nc2c(Cl)cccc12. The molecule has 94 valence electrons. The van der Waals surface area contributed by atoms with Crippen LogP contribution >= 0.6 is 11.6 Å². The zero-order chi connectivity index (χ0) is 13.2. The molecule has 0 spiro atoms. The number of rotatable bonds is 2. The second kappa shape index (κ2) is 4.86. The maximum atomic E-state index is 6.20. The fourth-order valence-corrected chi connectivity index (χ4v) is 2.18. The molecule has 0 saturated carbocycles. The van der Waals surface area contributed by atoms with Gasteiger partial charge in [-0.05, 0) is 12.1 Å². The number of ether oxygens (including phenoxy) is 1. The number of benzene rings is 2. The maximum Gasteiger partial charge on any atom is 0.224 e. The van der Waals surface area contributed by atoms with Gasteiger partial charge in [0, 0.05) is 5.56 Å². The molecule has 2 aromatic carbocycles. The van der Waals surface area contributed by atoms with E-state index in [1.54, 1.807) is 7.11 Å². The molecule has 0 bridgehead atoms. The summed E-state index contributed by atoms with van der Waals surface area (Å²) >= 11 is 6.20. The molecule has 0 aliphatic carbocycles. The summed E-state index contributed by atoms with van der Waals surface area (Å²) < 4.78 is 5.33. The summed E-state index contributed by atoms with van der Waals surface area (Å²) in [6.07, 6.45) is 0. The Morgan fingerprint density at radius 3 is 2.47 bits per heavy atom. The number of fused-ring (bicyclic) bond motifs is 1. The van der Waals surface area contributed by atoms with Crippen molar-refractivity contribution in [1.29, 1.82) is 0 Å². The van der Waals surface area contributed by atoms with Crippen LogP contribution in [0.25, 0.3) is 22.3 Å². The standard InChI is InChI=1S/C15H11ClN2O/c1-19-15-11-8-5-9-12(16)13(11)17-14(18-15)10-6-3-2-4-7-10/h2-9H,1H3. The van der Waals surface area contributed by atoms with Crippen LogP contribution in [0.3, 0.4) is 0 Å². The number of nitrogens with zero attached hydrogens (tertiary/aromatic N) is 2. The summed E-state index contributed by atoms with van der Waals surface area (Å²) in [5.74, 6) is 1.14. The minimum Gasteiger partial charge on any atom is -0.480 e. The molecule has 0 aliphatic rings. The Morgan fingerprint density at radius 2 is 1.74 bits per heavy atom. The lowest BCUT2D eigenvalue weighted by Crippen LogP contribution is -1.96. The Morgan fingerprint density at radius 1 is 0.947 bits per heavy atom. The van der Waals surface area contributed by atoms with E-state index in [1.807, 2.05) is 48.5 Å². The van der Waals surface area contributed by atoms with Gasteiger partial charge in [0.25, 0.3) is 0 Å². The van der Waals surface area contributed by atoms with Gasteiger partial charge in [0.05, 0.1) is 23.0 Å². The van der Waals surface area contributed by atoms with Gasteiger partial charge in [-0.2, -0.15) is 4.98 Å². The van der Waals surface area contributed by atoms with Crippen LogP contribution < -0.4 is 4.74 Å². The summed E-state index contributed by atoms with van der Waals surface area (Å²) in [6, 6.07) is 15.3. The van der Waals surface area contributed by atoms with Crippen LogP contribution in [0.1, 0.15) is 0 Å². The number of halogens is 1. The zero-order valence-corrected chi connectivity index (χ0v) is 11.1. The first-order valence-corrected chi connectivity index (χ1v) is 6.23. The van der Waals surface area contributed by atoms with Gasteiger partial charge in [0.2, 0.25) is 5.88 Å². The number of aromatic nitrogens is 2. The molecule has 0 fully saturated rings. The van der Waals surface area contributed by atoms with Crippen molar-refractivity contribution in [2.45, 2.75) is 0 Å². The molecule has 0 aliphatic heterocycles. The van der Waals surface area contributed by atoms with E-state index in [1.165, 1.54) is 0 Å². The normalized spacial score (nSPS) is 10.6. The summed E-state index contributed by atoms with van der Waals surface area (Å²) in [5.41, 5.74) is 1.64. The lowest BCUT2D eigenvalue weighted by atomic mass is 10.2. The van der Waals surface area contributed by atoms with E-state index in [4.69, 9.17) is 16.3 Å². The average Bonchev–Trinajstić information content (AvgIpc) is 2.48. The van der Waals surface area contributed by atoms with Crippen LogP contribution in [0.2, 0.25) is 5.02 Å². The van der Waals surface area contributed by atoms with Crippen molar-refractivity contribution >= 4 is 22.5 Å². The first kappa shape index (κ1) is 11.9. The second-order valence-corrected chi connectivity index (χ2v) is 4.47. The third-order valence-electron chi connectivity index (χ3n) is 2.87. The maximum absolute atomic E-state index is 6.20. The van der Waals surface area contributed by atoms with Crippen molar-refractivity contribution in [2.24, 2.45) is 0 Å². The summed E-state index contributed by atoms with van der Waals surface area (Å²) in [5, 5.41) is 1.41. The molecule has 3 nitrogen and oxygen atoms in total. The molecule has 0 atom stereocenters. The van der Waals surface area contributed by atoms with Gasteiger partial charge in [-0.25, -0.2) is 4.98 Å². The second-order valence-electron chi connectivity index (χ2n) is 4.06. The smallest absolute Gasteiger partial charge is 0.224 e. The minimum absolute atomic E-state index is 0.534. The van der Waals surface area contributed by atoms with Crippen LogP contribution in [0.4, 0.5) is 0 Å². The highest BCUT2D eigenvalue weighted by molar-refractivity contribution is 6.35. The van der Waals surface area contributed by atoms with Crippen LogP contribution in [0.5, 0.6) is 5.88 Å². The van der Waals surface area contributed by atoms with Crippen molar-refractivity contribution in [3.63, 3.8) is 0 Å². The molecule has 0 radical (unpaired) electrons. The fourth-order valence-electron chi connectivity index (χ4n) is 1.96. The lowest BCUT2D eigenvalue weighted by molar-refractivity contribution is 0.403. The van der Waals surface area contributed by atoms with E-state index in [0.717, 1.165) is 10.9 Å². The topological polar surface area (TPSA) is 35.0 Å². The van der Waals surface area contributed by atoms with E-state index in [9.17, 15) is 0 Å². The zero-order valence-electron chi connectivity index (χ0n) is 10.3. The van der Waals surface area contributed by atoms with Crippen LogP contribution in [-0.2, 0) is 0 Å². The highest BCUT2D eigenvalue weighted by atomic mass is 35.5. The van der Waals surface area contributed by atoms with E-state index >= 15 is 0 Å². The van der Waals surface area contributed by atoms with Crippen molar-refractivity contribution in [2.75, 3.05) is 7.11 Å². The van der Waals surface area contributed by atoms with Crippen molar-refractivity contribution in [3.8, 4) is 17.3 Å². The van der Waals surface area contributed by atoms with Gasteiger partial charge in [-0.1, -0.05) is 48.0 Å². The van der Waals surface area contributed by atoms with Crippen molar-refractivity contribution < 1.29 is 4.74 Å². The highest BCUT2D eigenvalue weighted by Crippen LogP contribution is 2.30. The average molecular weight is 271 g/mol. The predicted molar refractivity (Wildman–Crippen MR) is 76.5 cm³/mol. The van der Waals surface area contributed by atoms with E-state index in [-0.39, 0.29) is 0 Å². The molecular formula is C15H11ClN2O. The third-order valence-corrected chi connectivity index (χ3v) is 3.17. The van der Waals surface area contributed by atoms with E-state index in [2.05, 4.69) is 9.97 Å². The fraction of sp³-hybridized carbons (Fsp3) is 0.0667.